The molecule has 10 nitrogen and oxygen atoms in total. The summed E-state index contributed by atoms with van der Waals surface area (Å²) in [6.45, 7) is 1.02. The zero-order valence-corrected chi connectivity index (χ0v) is 25.1. The molecule has 8 atom stereocenters. The lowest BCUT2D eigenvalue weighted by molar-refractivity contribution is -0.139. The number of carbonyl (C=O) groups is 3. The molecule has 3 aliphatic heterocycles. The van der Waals surface area contributed by atoms with E-state index in [-0.39, 0.29) is 29.6 Å². The van der Waals surface area contributed by atoms with Gasteiger partial charge in [0, 0.05) is 18.9 Å². The smallest absolute Gasteiger partial charge is 0.240 e. The number of hydrogen-bond acceptors (Lipinski definition) is 8. The molecule has 1 aliphatic carbocycles. The highest BCUT2D eigenvalue weighted by molar-refractivity contribution is 5.85. The molecule has 0 aromatic heterocycles. The van der Waals surface area contributed by atoms with Gasteiger partial charge >= 0.3 is 0 Å². The second-order valence-electron chi connectivity index (χ2n) is 12.8. The van der Waals surface area contributed by atoms with Crippen molar-refractivity contribution in [2.24, 2.45) is 0 Å². The number of rotatable bonds is 10. The average Bonchev–Trinajstić information content (AvgIpc) is 3.96. The van der Waals surface area contributed by atoms with Crippen LogP contribution in [0.5, 0.6) is 0 Å². The SMILES string of the molecule is O=C(CCCCC[C@@H]1NC(O)C2CCCN2C(=O)[C@H](Cc2ccccc2)NC(O)[C@]2(C[C@@H]2c2ccccc2)NC1=O)C1CO1. The third kappa shape index (κ3) is 6.89. The molecule has 4 aliphatic rings. The van der Waals surface area contributed by atoms with Crippen molar-refractivity contribution < 1.29 is 29.3 Å². The number of fused-ring (bicyclic) bond motifs is 1. The fourth-order valence-corrected chi connectivity index (χ4v) is 7.03. The topological polar surface area (TPSA) is 144 Å². The first-order valence-electron chi connectivity index (χ1n) is 16.1. The Hall–Kier alpha value is -3.15. The van der Waals surface area contributed by atoms with Gasteiger partial charge in [0.25, 0.3) is 0 Å². The van der Waals surface area contributed by atoms with Crippen molar-refractivity contribution in [3.8, 4) is 0 Å². The molecule has 0 radical (unpaired) electrons. The average molecular weight is 605 g/mol. The number of nitrogens with zero attached hydrogens (tertiary/aromatic N) is 1. The number of aliphatic hydroxyl groups excluding tert-OH is 2. The molecule has 0 bridgehead atoms. The number of hydrogen-bond donors (Lipinski definition) is 5. The summed E-state index contributed by atoms with van der Waals surface area (Å²) in [5.41, 5.74) is 0.936. The third-order valence-corrected chi connectivity index (χ3v) is 9.73. The van der Waals surface area contributed by atoms with Gasteiger partial charge in [0.2, 0.25) is 11.8 Å². The second-order valence-corrected chi connectivity index (χ2v) is 12.8. The van der Waals surface area contributed by atoms with Crippen molar-refractivity contribution in [1.29, 1.82) is 0 Å². The minimum Gasteiger partial charge on any atom is -0.376 e. The van der Waals surface area contributed by atoms with Crippen LogP contribution in [0, 0.1) is 0 Å². The number of carbonyl (C=O) groups excluding carboxylic acids is 3. The molecule has 1 saturated carbocycles. The minimum absolute atomic E-state index is 0.128. The summed E-state index contributed by atoms with van der Waals surface area (Å²) in [6, 6.07) is 17.5. The first-order chi connectivity index (χ1) is 21.4. The number of ketones is 1. The first-order valence-corrected chi connectivity index (χ1v) is 16.1. The van der Waals surface area contributed by atoms with Crippen LogP contribution >= 0.6 is 0 Å². The normalized spacial score (nSPS) is 33.7. The summed E-state index contributed by atoms with van der Waals surface area (Å²) in [4.78, 5) is 41.8. The number of nitrogens with one attached hydrogen (secondary N) is 3. The Kier molecular flexibility index (Phi) is 9.44. The molecule has 236 valence electrons. The third-order valence-electron chi connectivity index (χ3n) is 9.73. The Morgan fingerprint density at radius 1 is 0.955 bits per heavy atom. The number of aliphatic hydroxyl groups is 2. The molecule has 44 heavy (non-hydrogen) atoms. The summed E-state index contributed by atoms with van der Waals surface area (Å²) in [7, 11) is 0. The van der Waals surface area contributed by atoms with Gasteiger partial charge in [-0.2, -0.15) is 0 Å². The molecule has 4 unspecified atom stereocenters. The maximum atomic E-state index is 14.1. The van der Waals surface area contributed by atoms with Crippen LogP contribution in [0.1, 0.15) is 68.4 Å². The Morgan fingerprint density at radius 2 is 1.68 bits per heavy atom. The number of ether oxygens (including phenoxy) is 1. The minimum atomic E-state index is -1.18. The lowest BCUT2D eigenvalue weighted by Gasteiger charge is -2.38. The van der Waals surface area contributed by atoms with Gasteiger partial charge in [-0.3, -0.25) is 25.0 Å². The highest BCUT2D eigenvalue weighted by atomic mass is 16.6. The zero-order chi connectivity index (χ0) is 30.7. The molecule has 2 aromatic rings. The molecule has 1 spiro atoms. The van der Waals surface area contributed by atoms with Gasteiger partial charge in [0.1, 0.15) is 18.6 Å². The molecule has 2 amide bonds. The van der Waals surface area contributed by atoms with Crippen LogP contribution in [0.15, 0.2) is 60.7 Å². The molecule has 4 fully saturated rings. The molecule has 6 rings (SSSR count). The van der Waals surface area contributed by atoms with Crippen molar-refractivity contribution in [3.05, 3.63) is 71.8 Å². The summed E-state index contributed by atoms with van der Waals surface area (Å²) in [5.74, 6) is -0.479. The molecule has 5 N–H and O–H groups in total. The van der Waals surface area contributed by atoms with Gasteiger partial charge in [-0.15, -0.1) is 0 Å². The van der Waals surface area contributed by atoms with Crippen LogP contribution in [0.4, 0.5) is 0 Å². The summed E-state index contributed by atoms with van der Waals surface area (Å²) in [6.07, 6.45) is 2.78. The number of Topliss-reactive ketones (excluding diaryl/α,β-unsaturated/α-hetero) is 1. The van der Waals surface area contributed by atoms with Crippen LogP contribution in [0.3, 0.4) is 0 Å². The van der Waals surface area contributed by atoms with Crippen molar-refractivity contribution >= 4 is 17.6 Å². The number of unbranched alkanes of at least 4 members (excludes halogenated alkanes) is 2. The Morgan fingerprint density at radius 3 is 2.41 bits per heavy atom. The lowest BCUT2D eigenvalue weighted by atomic mass is 9.99. The Bertz CT molecular complexity index is 1310. The zero-order valence-electron chi connectivity index (χ0n) is 25.1. The van der Waals surface area contributed by atoms with E-state index in [2.05, 4.69) is 16.0 Å². The predicted octanol–water partition coefficient (Wildman–Crippen LogP) is 1.75. The number of epoxide rings is 1. The Balaban J connectivity index is 1.24. The largest absolute Gasteiger partial charge is 0.376 e. The van der Waals surface area contributed by atoms with E-state index in [1.165, 1.54) is 0 Å². The maximum absolute atomic E-state index is 14.1. The van der Waals surface area contributed by atoms with Crippen molar-refractivity contribution in [2.75, 3.05) is 13.2 Å². The maximum Gasteiger partial charge on any atom is 0.240 e. The number of amides is 2. The molecule has 3 saturated heterocycles. The van der Waals surface area contributed by atoms with E-state index in [1.807, 2.05) is 60.7 Å². The molecule has 3 heterocycles. The van der Waals surface area contributed by atoms with Gasteiger partial charge in [-0.05, 0) is 49.7 Å². The van der Waals surface area contributed by atoms with Crippen LogP contribution in [-0.4, -0.2) is 88.1 Å². The summed E-state index contributed by atoms with van der Waals surface area (Å²) in [5, 5.41) is 32.8. The van der Waals surface area contributed by atoms with E-state index in [4.69, 9.17) is 4.74 Å². The first kappa shape index (κ1) is 30.9. The van der Waals surface area contributed by atoms with E-state index in [0.717, 1.165) is 24.0 Å². The molecule has 2 aromatic carbocycles. The summed E-state index contributed by atoms with van der Waals surface area (Å²) < 4.78 is 5.07. The van der Waals surface area contributed by atoms with Gasteiger partial charge in [0.05, 0.1) is 30.3 Å². The van der Waals surface area contributed by atoms with Gasteiger partial charge in [-0.25, -0.2) is 0 Å². The van der Waals surface area contributed by atoms with E-state index in [9.17, 15) is 24.6 Å². The molecular weight excluding hydrogens is 560 g/mol. The van der Waals surface area contributed by atoms with Gasteiger partial charge in [0.15, 0.2) is 5.78 Å². The summed E-state index contributed by atoms with van der Waals surface area (Å²) >= 11 is 0. The molecule has 10 heteroatoms. The fraction of sp³-hybridized carbons (Fsp3) is 0.559. The van der Waals surface area contributed by atoms with E-state index in [0.29, 0.717) is 58.1 Å². The number of benzene rings is 2. The predicted molar refractivity (Wildman–Crippen MR) is 163 cm³/mol. The molecular formula is C34H44N4O6. The standard InChI is InChI=1S/C34H44N4O6/c39-28(29-21-44-29)17-9-3-8-15-25-30(40)37-34(20-24(34)23-13-6-2-7-14-23)33(43)36-26(19-22-11-4-1-5-12-22)32(42)38-18-10-16-27(38)31(41)35-25/h1-2,4-7,11-14,24-27,29,31,33,35-36,41,43H,3,8-10,15-21H2,(H,37,40)/t24-,25+,26+,27?,29?,31?,33?,34-/m1/s1. The highest BCUT2D eigenvalue weighted by Gasteiger charge is 2.61. The highest BCUT2D eigenvalue weighted by Crippen LogP contribution is 2.53. The van der Waals surface area contributed by atoms with E-state index >= 15 is 0 Å². The lowest BCUT2D eigenvalue weighted by Crippen LogP contribution is -2.65. The van der Waals surface area contributed by atoms with Crippen LogP contribution in [0.2, 0.25) is 0 Å². The van der Waals surface area contributed by atoms with E-state index < -0.39 is 36.1 Å². The van der Waals surface area contributed by atoms with Gasteiger partial charge < -0.3 is 25.2 Å². The fourth-order valence-electron chi connectivity index (χ4n) is 7.03. The quantitative estimate of drug-likeness (QED) is 0.204. The van der Waals surface area contributed by atoms with Crippen molar-refractivity contribution in [1.82, 2.24) is 20.9 Å². The van der Waals surface area contributed by atoms with Crippen molar-refractivity contribution in [3.63, 3.8) is 0 Å². The van der Waals surface area contributed by atoms with Gasteiger partial charge in [-0.1, -0.05) is 73.5 Å². The van der Waals surface area contributed by atoms with Crippen LogP contribution in [0.25, 0.3) is 0 Å². The van der Waals surface area contributed by atoms with Crippen molar-refractivity contribution in [2.45, 2.75) is 106 Å². The second kappa shape index (κ2) is 13.5. The van der Waals surface area contributed by atoms with E-state index in [1.54, 1.807) is 4.90 Å². The van der Waals surface area contributed by atoms with Crippen LogP contribution < -0.4 is 16.0 Å². The monoisotopic (exact) mass is 604 g/mol. The van der Waals surface area contributed by atoms with Crippen LogP contribution in [-0.2, 0) is 25.5 Å². The Labute approximate surface area is 258 Å².